The van der Waals surface area contributed by atoms with E-state index in [-0.39, 0.29) is 12.2 Å². The lowest BCUT2D eigenvalue weighted by Gasteiger charge is -2.10. The second kappa shape index (κ2) is 6.46. The highest BCUT2D eigenvalue weighted by Gasteiger charge is 2.17. The van der Waals surface area contributed by atoms with E-state index in [1.807, 2.05) is 73.7 Å². The predicted octanol–water partition coefficient (Wildman–Crippen LogP) is 5.03. The van der Waals surface area contributed by atoms with Gasteiger partial charge in [-0.3, -0.25) is 4.79 Å². The molecule has 0 aliphatic rings. The molecule has 0 aliphatic heterocycles. The van der Waals surface area contributed by atoms with Gasteiger partial charge in [0.1, 0.15) is 0 Å². The minimum absolute atomic E-state index is 0.00436. The molecule has 0 aliphatic carbocycles. The van der Waals surface area contributed by atoms with Gasteiger partial charge >= 0.3 is 0 Å². The van der Waals surface area contributed by atoms with Crippen LogP contribution in [0.3, 0.4) is 0 Å². The summed E-state index contributed by atoms with van der Waals surface area (Å²) in [5.74, 6) is -0.418. The molecule has 3 rings (SSSR count). The third-order valence-corrected chi connectivity index (χ3v) is 4.09. The quantitative estimate of drug-likeness (QED) is 0.634. The van der Waals surface area contributed by atoms with Crippen LogP contribution in [0.2, 0.25) is 0 Å². The number of ketones is 1. The van der Waals surface area contributed by atoms with E-state index in [1.54, 1.807) is 0 Å². The highest BCUT2D eigenvalue weighted by Crippen LogP contribution is 2.25. The predicted molar refractivity (Wildman–Crippen MR) is 92.4 cm³/mol. The third-order valence-electron chi connectivity index (χ3n) is 4.09. The minimum atomic E-state index is -0.423. The fourth-order valence-corrected chi connectivity index (χ4v) is 2.71. The van der Waals surface area contributed by atoms with Crippen LogP contribution < -0.4 is 0 Å². The van der Waals surface area contributed by atoms with Crippen molar-refractivity contribution in [1.29, 1.82) is 5.26 Å². The number of hydrogen-bond donors (Lipinski definition) is 0. The summed E-state index contributed by atoms with van der Waals surface area (Å²) in [6, 6.07) is 23.8. The summed E-state index contributed by atoms with van der Waals surface area (Å²) in [6.07, 6.45) is 0.206. The Morgan fingerprint density at radius 1 is 1.00 bits per heavy atom. The molecule has 0 spiro atoms. The molecule has 0 saturated heterocycles. The molecule has 112 valence electrons. The summed E-state index contributed by atoms with van der Waals surface area (Å²) in [5.41, 5.74) is 2.68. The number of carbonyl (C=O) groups excluding carboxylic acids is 1. The first-order chi connectivity index (χ1) is 11.2. The molecule has 23 heavy (non-hydrogen) atoms. The van der Waals surface area contributed by atoms with Gasteiger partial charge in [0, 0.05) is 12.0 Å². The van der Waals surface area contributed by atoms with E-state index in [2.05, 4.69) is 6.07 Å². The largest absolute Gasteiger partial charge is 0.294 e. The first-order valence-electron chi connectivity index (χ1n) is 7.65. The van der Waals surface area contributed by atoms with Gasteiger partial charge in [-0.05, 0) is 29.3 Å². The van der Waals surface area contributed by atoms with Crippen LogP contribution in [0.15, 0.2) is 66.7 Å². The van der Waals surface area contributed by atoms with Crippen LogP contribution in [0, 0.1) is 18.3 Å². The van der Waals surface area contributed by atoms with Gasteiger partial charge in [0.05, 0.1) is 12.0 Å². The molecule has 0 heterocycles. The van der Waals surface area contributed by atoms with E-state index in [4.69, 9.17) is 0 Å². The van der Waals surface area contributed by atoms with E-state index in [1.165, 1.54) is 0 Å². The Bertz CT molecular complexity index is 888. The number of rotatable bonds is 4. The van der Waals surface area contributed by atoms with Crippen LogP contribution >= 0.6 is 0 Å². The Morgan fingerprint density at radius 3 is 2.39 bits per heavy atom. The van der Waals surface area contributed by atoms with Gasteiger partial charge in [-0.1, -0.05) is 66.2 Å². The zero-order valence-electron chi connectivity index (χ0n) is 13.0. The number of benzene rings is 3. The van der Waals surface area contributed by atoms with E-state index < -0.39 is 5.92 Å². The Hall–Kier alpha value is -2.92. The van der Waals surface area contributed by atoms with Crippen molar-refractivity contribution >= 4 is 16.6 Å². The van der Waals surface area contributed by atoms with Crippen LogP contribution in [-0.2, 0) is 0 Å². The number of fused-ring (bicyclic) bond motifs is 1. The van der Waals surface area contributed by atoms with Crippen LogP contribution in [0.1, 0.15) is 33.8 Å². The van der Waals surface area contributed by atoms with E-state index in [9.17, 15) is 10.1 Å². The lowest BCUT2D eigenvalue weighted by Crippen LogP contribution is -2.06. The first kappa shape index (κ1) is 15.0. The molecule has 3 aromatic rings. The second-order valence-electron chi connectivity index (χ2n) is 5.78. The minimum Gasteiger partial charge on any atom is -0.294 e. The zero-order chi connectivity index (χ0) is 16.2. The fraction of sp³-hybridized carbons (Fsp3) is 0.143. The normalized spacial score (nSPS) is 11.8. The van der Waals surface area contributed by atoms with Crippen molar-refractivity contribution in [3.63, 3.8) is 0 Å². The molecule has 0 N–H and O–H groups in total. The molecule has 2 nitrogen and oxygen atoms in total. The Kier molecular flexibility index (Phi) is 4.21. The molecule has 0 aromatic heterocycles. The van der Waals surface area contributed by atoms with E-state index >= 15 is 0 Å². The molecule has 1 unspecified atom stereocenters. The Balaban J connectivity index is 1.85. The molecular formula is C21H17NO. The lowest BCUT2D eigenvalue weighted by atomic mass is 9.91. The Labute approximate surface area is 136 Å². The van der Waals surface area contributed by atoms with Gasteiger partial charge in [0.2, 0.25) is 0 Å². The van der Waals surface area contributed by atoms with Crippen molar-refractivity contribution in [2.75, 3.05) is 0 Å². The standard InChI is InChI=1S/C21H17NO/c1-15-6-8-17(9-7-15)21(23)13-20(14-22)19-11-10-16-4-2-3-5-18(16)12-19/h2-12,20H,13H2,1H3. The SMILES string of the molecule is Cc1ccc(C(=O)CC(C#N)c2ccc3ccccc3c2)cc1. The number of Topliss-reactive ketones (excluding diaryl/α,β-unsaturated/α-hetero) is 1. The van der Waals surface area contributed by atoms with Crippen molar-refractivity contribution in [2.24, 2.45) is 0 Å². The van der Waals surface area contributed by atoms with Crippen LogP contribution in [0.4, 0.5) is 0 Å². The maximum absolute atomic E-state index is 12.4. The fourth-order valence-electron chi connectivity index (χ4n) is 2.71. The number of hydrogen-bond acceptors (Lipinski definition) is 2. The summed E-state index contributed by atoms with van der Waals surface area (Å²) < 4.78 is 0. The average molecular weight is 299 g/mol. The van der Waals surface area contributed by atoms with E-state index in [0.29, 0.717) is 5.56 Å². The highest BCUT2D eigenvalue weighted by molar-refractivity contribution is 5.97. The maximum atomic E-state index is 12.4. The summed E-state index contributed by atoms with van der Waals surface area (Å²) in [6.45, 7) is 1.99. The van der Waals surface area contributed by atoms with Gasteiger partial charge in [0.25, 0.3) is 0 Å². The first-order valence-corrected chi connectivity index (χ1v) is 7.65. The highest BCUT2D eigenvalue weighted by atomic mass is 16.1. The lowest BCUT2D eigenvalue weighted by molar-refractivity contribution is 0.0979. The van der Waals surface area contributed by atoms with Crippen molar-refractivity contribution in [2.45, 2.75) is 19.3 Å². The molecule has 0 bridgehead atoms. The Morgan fingerprint density at radius 2 is 1.70 bits per heavy atom. The van der Waals surface area contributed by atoms with Gasteiger partial charge < -0.3 is 0 Å². The van der Waals surface area contributed by atoms with Crippen molar-refractivity contribution < 1.29 is 4.79 Å². The second-order valence-corrected chi connectivity index (χ2v) is 5.78. The number of carbonyl (C=O) groups is 1. The molecule has 0 radical (unpaired) electrons. The topological polar surface area (TPSA) is 40.9 Å². The van der Waals surface area contributed by atoms with E-state index in [0.717, 1.165) is 21.9 Å². The van der Waals surface area contributed by atoms with Gasteiger partial charge in [-0.25, -0.2) is 0 Å². The summed E-state index contributed by atoms with van der Waals surface area (Å²) in [4.78, 5) is 12.4. The molecular weight excluding hydrogens is 282 g/mol. The third kappa shape index (κ3) is 3.30. The average Bonchev–Trinajstić information content (AvgIpc) is 2.59. The zero-order valence-corrected chi connectivity index (χ0v) is 13.0. The van der Waals surface area contributed by atoms with Crippen LogP contribution in [-0.4, -0.2) is 5.78 Å². The molecule has 0 amide bonds. The number of nitriles is 1. The van der Waals surface area contributed by atoms with Crippen LogP contribution in [0.25, 0.3) is 10.8 Å². The smallest absolute Gasteiger partial charge is 0.164 e. The van der Waals surface area contributed by atoms with Gasteiger partial charge in [-0.15, -0.1) is 0 Å². The molecule has 2 heteroatoms. The van der Waals surface area contributed by atoms with Crippen molar-refractivity contribution in [3.8, 4) is 6.07 Å². The molecule has 0 saturated carbocycles. The summed E-state index contributed by atoms with van der Waals surface area (Å²) in [5, 5.41) is 11.7. The van der Waals surface area contributed by atoms with Gasteiger partial charge in [0.15, 0.2) is 5.78 Å². The number of nitrogens with zero attached hydrogens (tertiary/aromatic N) is 1. The van der Waals surface area contributed by atoms with Gasteiger partial charge in [-0.2, -0.15) is 5.26 Å². The number of aryl methyl sites for hydroxylation is 1. The van der Waals surface area contributed by atoms with Crippen molar-refractivity contribution in [3.05, 3.63) is 83.4 Å². The van der Waals surface area contributed by atoms with Crippen molar-refractivity contribution in [1.82, 2.24) is 0 Å². The molecule has 1 atom stereocenters. The maximum Gasteiger partial charge on any atom is 0.164 e. The monoisotopic (exact) mass is 299 g/mol. The molecule has 0 fully saturated rings. The molecule has 3 aromatic carbocycles. The summed E-state index contributed by atoms with van der Waals surface area (Å²) in [7, 11) is 0. The summed E-state index contributed by atoms with van der Waals surface area (Å²) >= 11 is 0. The van der Waals surface area contributed by atoms with Crippen LogP contribution in [0.5, 0.6) is 0 Å².